The van der Waals surface area contributed by atoms with E-state index in [4.69, 9.17) is 4.74 Å². The Morgan fingerprint density at radius 2 is 1.59 bits per heavy atom. The molecule has 0 atom stereocenters. The minimum Gasteiger partial charge on any atom is -0.491 e. The van der Waals surface area contributed by atoms with E-state index >= 15 is 0 Å². The van der Waals surface area contributed by atoms with Crippen LogP contribution in [0.25, 0.3) is 0 Å². The number of anilines is 2. The number of amides is 2. The van der Waals surface area contributed by atoms with E-state index in [1.54, 1.807) is 0 Å². The van der Waals surface area contributed by atoms with Crippen LogP contribution in [0.15, 0.2) is 48.5 Å². The van der Waals surface area contributed by atoms with Crippen molar-refractivity contribution < 1.29 is 9.53 Å². The number of nitrogens with one attached hydrogen (secondary N) is 1. The van der Waals surface area contributed by atoms with E-state index in [2.05, 4.69) is 55.3 Å². The topological polar surface area (TPSA) is 44.8 Å². The fraction of sp³-hybridized carbons (Fsp3) is 0.458. The van der Waals surface area contributed by atoms with Gasteiger partial charge in [-0.05, 0) is 55.2 Å². The predicted octanol–water partition coefficient (Wildman–Crippen LogP) is 5.13. The first-order valence-corrected chi connectivity index (χ1v) is 10.4. The minimum absolute atomic E-state index is 0.0497. The molecule has 1 aliphatic rings. The maximum atomic E-state index is 12.7. The molecule has 1 fully saturated rings. The van der Waals surface area contributed by atoms with Crippen molar-refractivity contribution in [1.29, 1.82) is 0 Å². The fourth-order valence-corrected chi connectivity index (χ4v) is 3.63. The van der Waals surface area contributed by atoms with Gasteiger partial charge >= 0.3 is 6.03 Å². The number of piperazine rings is 1. The van der Waals surface area contributed by atoms with Crippen LogP contribution in [-0.4, -0.2) is 43.2 Å². The third kappa shape index (κ3) is 5.43. The average molecular weight is 396 g/mol. The monoisotopic (exact) mass is 395 g/mol. The number of urea groups is 1. The van der Waals surface area contributed by atoms with Gasteiger partial charge in [0.15, 0.2) is 0 Å². The summed E-state index contributed by atoms with van der Waals surface area (Å²) in [5.41, 5.74) is 3.50. The van der Waals surface area contributed by atoms with Crippen LogP contribution < -0.4 is 15.0 Å². The van der Waals surface area contributed by atoms with E-state index in [1.807, 2.05) is 43.0 Å². The second-order valence-electron chi connectivity index (χ2n) is 8.86. The zero-order valence-electron chi connectivity index (χ0n) is 18.2. The molecule has 0 radical (unpaired) electrons. The zero-order chi connectivity index (χ0) is 21.0. The molecule has 0 bridgehead atoms. The van der Waals surface area contributed by atoms with Gasteiger partial charge in [0.05, 0.1) is 6.10 Å². The Labute approximate surface area is 174 Å². The van der Waals surface area contributed by atoms with Crippen LogP contribution in [0, 0.1) is 0 Å². The van der Waals surface area contributed by atoms with Gasteiger partial charge in [0.1, 0.15) is 5.75 Å². The number of carbonyl (C=O) groups is 1. The summed E-state index contributed by atoms with van der Waals surface area (Å²) < 4.78 is 5.65. The van der Waals surface area contributed by atoms with Gasteiger partial charge in [0.25, 0.3) is 0 Å². The average Bonchev–Trinajstić information content (AvgIpc) is 2.68. The number of hydrogen-bond donors (Lipinski definition) is 1. The molecule has 156 valence electrons. The molecule has 0 spiro atoms. The van der Waals surface area contributed by atoms with Crippen molar-refractivity contribution in [2.24, 2.45) is 0 Å². The molecule has 2 aromatic carbocycles. The van der Waals surface area contributed by atoms with Crippen molar-refractivity contribution in [3.8, 4) is 5.75 Å². The first kappa shape index (κ1) is 21.0. The lowest BCUT2D eigenvalue weighted by atomic mass is 9.85. The lowest BCUT2D eigenvalue weighted by Gasteiger charge is -2.38. The highest BCUT2D eigenvalue weighted by Gasteiger charge is 2.25. The van der Waals surface area contributed by atoms with Gasteiger partial charge < -0.3 is 19.9 Å². The van der Waals surface area contributed by atoms with Crippen molar-refractivity contribution in [2.45, 2.75) is 46.1 Å². The normalized spacial score (nSPS) is 14.8. The molecule has 29 heavy (non-hydrogen) atoms. The Morgan fingerprint density at radius 1 is 0.966 bits per heavy atom. The minimum atomic E-state index is -0.0497. The first-order chi connectivity index (χ1) is 13.7. The van der Waals surface area contributed by atoms with Crippen molar-refractivity contribution in [3.63, 3.8) is 0 Å². The van der Waals surface area contributed by atoms with Gasteiger partial charge in [-0.2, -0.15) is 0 Å². The second kappa shape index (κ2) is 8.76. The summed E-state index contributed by atoms with van der Waals surface area (Å²) in [5, 5.41) is 3.00. The van der Waals surface area contributed by atoms with Gasteiger partial charge in [-0.15, -0.1) is 0 Å². The van der Waals surface area contributed by atoms with E-state index in [0.717, 1.165) is 24.5 Å². The highest BCUT2D eigenvalue weighted by atomic mass is 16.5. The number of rotatable bonds is 4. The third-order valence-electron chi connectivity index (χ3n) is 5.10. The third-order valence-corrected chi connectivity index (χ3v) is 5.10. The van der Waals surface area contributed by atoms with Crippen LogP contribution in [0.5, 0.6) is 5.75 Å². The predicted molar refractivity (Wildman–Crippen MR) is 120 cm³/mol. The van der Waals surface area contributed by atoms with Gasteiger partial charge in [0.2, 0.25) is 0 Å². The summed E-state index contributed by atoms with van der Waals surface area (Å²) in [6.45, 7) is 13.8. The molecule has 2 amide bonds. The molecule has 2 aromatic rings. The van der Waals surface area contributed by atoms with Crippen LogP contribution in [0.2, 0.25) is 0 Å². The van der Waals surface area contributed by atoms with Crippen molar-refractivity contribution in [2.75, 3.05) is 36.4 Å². The quantitative estimate of drug-likeness (QED) is 0.781. The van der Waals surface area contributed by atoms with Crippen molar-refractivity contribution >= 4 is 17.4 Å². The van der Waals surface area contributed by atoms with E-state index < -0.39 is 0 Å². The highest BCUT2D eigenvalue weighted by molar-refractivity contribution is 5.89. The number of nitrogens with zero attached hydrogens (tertiary/aromatic N) is 2. The molecular formula is C24H33N3O2. The Bertz CT molecular complexity index is 817. The molecule has 0 unspecified atom stereocenters. The number of carbonyl (C=O) groups excluding carboxylic acids is 1. The van der Waals surface area contributed by atoms with Crippen molar-refractivity contribution in [1.82, 2.24) is 4.90 Å². The summed E-state index contributed by atoms with van der Waals surface area (Å²) in [5.74, 6) is 0.809. The highest BCUT2D eigenvalue weighted by Crippen LogP contribution is 2.32. The zero-order valence-corrected chi connectivity index (χ0v) is 18.2. The molecular weight excluding hydrogens is 362 g/mol. The molecule has 0 aliphatic carbocycles. The molecule has 1 aliphatic heterocycles. The summed E-state index contributed by atoms with van der Waals surface area (Å²) in [6, 6.07) is 16.1. The van der Waals surface area contributed by atoms with Crippen LogP contribution in [-0.2, 0) is 5.41 Å². The molecule has 1 saturated heterocycles. The van der Waals surface area contributed by atoms with E-state index in [1.165, 1.54) is 11.3 Å². The smallest absolute Gasteiger partial charge is 0.321 e. The Kier molecular flexibility index (Phi) is 6.36. The summed E-state index contributed by atoms with van der Waals surface area (Å²) in [7, 11) is 0. The Balaban J connectivity index is 1.58. The Morgan fingerprint density at radius 3 is 2.17 bits per heavy atom. The van der Waals surface area contributed by atoms with Crippen LogP contribution >= 0.6 is 0 Å². The lowest BCUT2D eigenvalue weighted by molar-refractivity contribution is 0.208. The first-order valence-electron chi connectivity index (χ1n) is 10.4. The van der Waals surface area contributed by atoms with Gasteiger partial charge in [-0.3, -0.25) is 0 Å². The van der Waals surface area contributed by atoms with Crippen LogP contribution in [0.3, 0.4) is 0 Å². The number of ether oxygens (including phenoxy) is 1. The van der Waals surface area contributed by atoms with E-state index in [0.29, 0.717) is 13.1 Å². The molecule has 0 saturated carbocycles. The van der Waals surface area contributed by atoms with Crippen LogP contribution in [0.1, 0.15) is 40.2 Å². The summed E-state index contributed by atoms with van der Waals surface area (Å²) >= 11 is 0. The maximum Gasteiger partial charge on any atom is 0.321 e. The summed E-state index contributed by atoms with van der Waals surface area (Å²) in [4.78, 5) is 16.9. The molecule has 3 rings (SSSR count). The van der Waals surface area contributed by atoms with Crippen molar-refractivity contribution in [3.05, 3.63) is 54.1 Å². The van der Waals surface area contributed by atoms with E-state index in [9.17, 15) is 4.79 Å². The largest absolute Gasteiger partial charge is 0.491 e. The number of para-hydroxylation sites is 1. The number of hydrogen-bond acceptors (Lipinski definition) is 3. The van der Waals surface area contributed by atoms with Gasteiger partial charge in [-0.1, -0.05) is 39.0 Å². The SMILES string of the molecule is CC(C)Oc1ccc(NC(=O)N2CCN(c3ccccc3C(C)(C)C)CC2)cc1. The Hall–Kier alpha value is -2.69. The molecule has 1 N–H and O–H groups in total. The molecule has 5 nitrogen and oxygen atoms in total. The molecule has 5 heteroatoms. The molecule has 0 aromatic heterocycles. The van der Waals surface area contributed by atoms with Gasteiger partial charge in [0, 0.05) is 37.6 Å². The summed E-state index contributed by atoms with van der Waals surface area (Å²) in [6.07, 6.45) is 0.134. The maximum absolute atomic E-state index is 12.7. The lowest BCUT2D eigenvalue weighted by Crippen LogP contribution is -2.50. The molecule has 1 heterocycles. The van der Waals surface area contributed by atoms with E-state index in [-0.39, 0.29) is 17.6 Å². The second-order valence-corrected chi connectivity index (χ2v) is 8.86. The fourth-order valence-electron chi connectivity index (χ4n) is 3.63. The van der Waals surface area contributed by atoms with Gasteiger partial charge in [-0.25, -0.2) is 4.79 Å². The standard InChI is InChI=1S/C24H33N3O2/c1-18(2)29-20-12-10-19(11-13-20)25-23(28)27-16-14-26(15-17-27)22-9-7-6-8-21(22)24(3,4)5/h6-13,18H,14-17H2,1-5H3,(H,25,28). The number of benzene rings is 2. The van der Waals surface area contributed by atoms with Crippen LogP contribution in [0.4, 0.5) is 16.2 Å².